The number of hydrogen-bond donors (Lipinski definition) is 2. The van der Waals surface area contributed by atoms with Gasteiger partial charge in [-0.25, -0.2) is 10.0 Å². The predicted molar refractivity (Wildman–Crippen MR) is 63.1 cm³/mol. The zero-order valence-electron chi connectivity index (χ0n) is 8.26. The molecule has 0 aromatic carbocycles. The molecule has 84 valence electrons. The number of nitrogens with zero attached hydrogens (tertiary/aromatic N) is 2. The third kappa shape index (κ3) is 2.77. The van der Waals surface area contributed by atoms with Crippen molar-refractivity contribution in [2.24, 2.45) is 0 Å². The lowest BCUT2D eigenvalue weighted by molar-refractivity contribution is -0.00962. The molecule has 0 unspecified atom stereocenters. The molecule has 0 amide bonds. The third-order valence-corrected chi connectivity index (χ3v) is 5.36. The van der Waals surface area contributed by atoms with Gasteiger partial charge in [0.05, 0.1) is 11.5 Å². The highest BCUT2D eigenvalue weighted by molar-refractivity contribution is 8.24. The summed E-state index contributed by atoms with van der Waals surface area (Å²) in [5.74, 6) is 3.51. The van der Waals surface area contributed by atoms with Crippen molar-refractivity contribution in [2.75, 3.05) is 49.2 Å². The van der Waals surface area contributed by atoms with Crippen LogP contribution in [0.15, 0.2) is 0 Å². The van der Waals surface area contributed by atoms with E-state index in [0.29, 0.717) is 11.5 Å². The highest BCUT2D eigenvalue weighted by atomic mass is 32.3. The number of thioether (sulfide) groups is 1. The molecule has 6 heteroatoms. The van der Waals surface area contributed by atoms with Gasteiger partial charge in [0.15, 0.2) is 0 Å². The number of hydrogen-bond acceptors (Lipinski definition) is 5. The van der Waals surface area contributed by atoms with Crippen LogP contribution in [0.2, 0.25) is 0 Å². The smallest absolute Gasteiger partial charge is 0.0516 e. The van der Waals surface area contributed by atoms with Crippen LogP contribution in [-0.4, -0.2) is 68.3 Å². The molecule has 2 fully saturated rings. The first-order chi connectivity index (χ1) is 6.67. The van der Waals surface area contributed by atoms with Crippen LogP contribution in [-0.2, 0) is 0 Å². The van der Waals surface area contributed by atoms with Crippen molar-refractivity contribution in [3.8, 4) is 0 Å². The van der Waals surface area contributed by atoms with Crippen LogP contribution >= 0.6 is 22.4 Å². The first-order valence-corrected chi connectivity index (χ1v) is 8.02. The lowest BCUT2D eigenvalue weighted by atomic mass is 10.5. The molecule has 2 aliphatic rings. The fraction of sp³-hybridized carbons (Fsp3) is 1.00. The molecule has 2 heterocycles. The van der Waals surface area contributed by atoms with E-state index in [4.69, 9.17) is 0 Å². The minimum absolute atomic E-state index is 0.552. The van der Waals surface area contributed by atoms with Gasteiger partial charge >= 0.3 is 0 Å². The minimum Gasteiger partial charge on any atom is -0.299 e. The molecule has 2 N–H and O–H groups in total. The summed E-state index contributed by atoms with van der Waals surface area (Å²) in [4.78, 5) is 0. The summed E-state index contributed by atoms with van der Waals surface area (Å²) in [6.07, 6.45) is 0. The summed E-state index contributed by atoms with van der Waals surface area (Å²) in [6, 6.07) is 0. The highest BCUT2D eigenvalue weighted by Crippen LogP contribution is 2.40. The summed E-state index contributed by atoms with van der Waals surface area (Å²) >= 11 is 2.00. The van der Waals surface area contributed by atoms with Gasteiger partial charge < -0.3 is 0 Å². The summed E-state index contributed by atoms with van der Waals surface area (Å²) < 4.78 is 19.0. The standard InChI is InChI=1S/C8H18N2O2S2/c11-14(12)7-3-10(4-8-14)9-1-5-13-6-2-9/h11-12H,1-8H2. The molecule has 0 saturated carbocycles. The van der Waals surface area contributed by atoms with Gasteiger partial charge in [-0.05, 0) is 0 Å². The van der Waals surface area contributed by atoms with Gasteiger partial charge in [-0.3, -0.25) is 9.11 Å². The Morgan fingerprint density at radius 3 is 1.93 bits per heavy atom. The summed E-state index contributed by atoms with van der Waals surface area (Å²) in [7, 11) is -2.23. The van der Waals surface area contributed by atoms with Gasteiger partial charge in [-0.15, -0.1) is 0 Å². The van der Waals surface area contributed by atoms with Gasteiger partial charge in [0.1, 0.15) is 0 Å². The lowest BCUT2D eigenvalue weighted by Gasteiger charge is -2.45. The Morgan fingerprint density at radius 1 is 0.857 bits per heavy atom. The maximum absolute atomic E-state index is 9.48. The molecule has 0 aromatic heterocycles. The summed E-state index contributed by atoms with van der Waals surface area (Å²) in [6.45, 7) is 3.85. The maximum atomic E-state index is 9.48. The second-order valence-electron chi connectivity index (χ2n) is 3.73. The van der Waals surface area contributed by atoms with E-state index in [0.717, 1.165) is 26.2 Å². The van der Waals surface area contributed by atoms with E-state index in [1.54, 1.807) is 0 Å². The van der Waals surface area contributed by atoms with Crippen LogP contribution in [0.3, 0.4) is 0 Å². The Hall–Kier alpha value is 0.540. The lowest BCUT2D eigenvalue weighted by Crippen LogP contribution is -2.52. The third-order valence-electron chi connectivity index (χ3n) is 2.74. The van der Waals surface area contributed by atoms with Crippen molar-refractivity contribution in [2.45, 2.75) is 0 Å². The molecule has 14 heavy (non-hydrogen) atoms. The van der Waals surface area contributed by atoms with E-state index in [1.807, 2.05) is 11.8 Å². The topological polar surface area (TPSA) is 46.9 Å². The van der Waals surface area contributed by atoms with Crippen LogP contribution in [0.5, 0.6) is 0 Å². The van der Waals surface area contributed by atoms with Crippen LogP contribution in [0.4, 0.5) is 0 Å². The van der Waals surface area contributed by atoms with E-state index in [9.17, 15) is 9.11 Å². The molecule has 0 aliphatic carbocycles. The van der Waals surface area contributed by atoms with Crippen molar-refractivity contribution < 1.29 is 9.11 Å². The number of hydrazine groups is 1. The van der Waals surface area contributed by atoms with E-state index in [-0.39, 0.29) is 0 Å². The Balaban J connectivity index is 1.82. The summed E-state index contributed by atoms with van der Waals surface area (Å²) in [5, 5.41) is 4.66. The second-order valence-corrected chi connectivity index (χ2v) is 7.38. The fourth-order valence-corrected chi connectivity index (χ4v) is 3.93. The first-order valence-electron chi connectivity index (χ1n) is 4.98. The predicted octanol–water partition coefficient (Wildman–Crippen LogP) is 1.02. The monoisotopic (exact) mass is 238 g/mol. The van der Waals surface area contributed by atoms with Gasteiger partial charge in [0, 0.05) is 37.7 Å². The molecule has 4 nitrogen and oxygen atoms in total. The molecule has 2 aliphatic heterocycles. The maximum Gasteiger partial charge on any atom is 0.0516 e. The quantitative estimate of drug-likeness (QED) is 0.714. The Labute approximate surface area is 91.0 Å². The Kier molecular flexibility index (Phi) is 3.62. The molecule has 0 atom stereocenters. The molecular weight excluding hydrogens is 220 g/mol. The van der Waals surface area contributed by atoms with Gasteiger partial charge in [0.25, 0.3) is 0 Å². The summed E-state index contributed by atoms with van der Waals surface area (Å²) in [5.41, 5.74) is 0. The van der Waals surface area contributed by atoms with E-state index < -0.39 is 10.6 Å². The minimum atomic E-state index is -2.23. The normalized spacial score (nSPS) is 32.7. The van der Waals surface area contributed by atoms with Crippen LogP contribution in [0.25, 0.3) is 0 Å². The molecule has 0 bridgehead atoms. The molecule has 2 saturated heterocycles. The molecule has 2 rings (SSSR count). The fourth-order valence-electron chi connectivity index (χ4n) is 1.84. The van der Waals surface area contributed by atoms with E-state index in [2.05, 4.69) is 10.0 Å². The molecular formula is C8H18N2O2S2. The zero-order valence-corrected chi connectivity index (χ0v) is 9.90. The van der Waals surface area contributed by atoms with E-state index in [1.165, 1.54) is 11.5 Å². The molecule has 0 radical (unpaired) electrons. The Bertz CT molecular complexity index is 188. The van der Waals surface area contributed by atoms with Crippen LogP contribution < -0.4 is 0 Å². The molecule has 0 spiro atoms. The van der Waals surface area contributed by atoms with Crippen LogP contribution in [0, 0.1) is 0 Å². The largest absolute Gasteiger partial charge is 0.299 e. The number of rotatable bonds is 1. The average molecular weight is 238 g/mol. The SMILES string of the molecule is OS1(O)CCN(N2CCSCC2)CC1. The van der Waals surface area contributed by atoms with Crippen molar-refractivity contribution in [3.05, 3.63) is 0 Å². The molecule has 0 aromatic rings. The van der Waals surface area contributed by atoms with Crippen molar-refractivity contribution in [3.63, 3.8) is 0 Å². The highest BCUT2D eigenvalue weighted by Gasteiger charge is 2.26. The second kappa shape index (κ2) is 4.59. The average Bonchev–Trinajstić information content (AvgIpc) is 2.19. The van der Waals surface area contributed by atoms with Crippen molar-refractivity contribution in [1.82, 2.24) is 10.0 Å². The van der Waals surface area contributed by atoms with Crippen LogP contribution in [0.1, 0.15) is 0 Å². The Morgan fingerprint density at radius 2 is 1.36 bits per heavy atom. The van der Waals surface area contributed by atoms with Gasteiger partial charge in [0.2, 0.25) is 0 Å². The van der Waals surface area contributed by atoms with Crippen molar-refractivity contribution >= 4 is 22.4 Å². The van der Waals surface area contributed by atoms with E-state index >= 15 is 0 Å². The van der Waals surface area contributed by atoms with Gasteiger partial charge in [-0.2, -0.15) is 22.4 Å². The first kappa shape index (κ1) is 11.0. The zero-order chi connectivity index (χ0) is 10.0. The van der Waals surface area contributed by atoms with Crippen molar-refractivity contribution in [1.29, 1.82) is 0 Å². The van der Waals surface area contributed by atoms with Gasteiger partial charge in [-0.1, -0.05) is 0 Å².